The lowest BCUT2D eigenvalue weighted by atomic mass is 9.86. The van der Waals surface area contributed by atoms with Crippen molar-refractivity contribution in [3.8, 4) is 0 Å². The average Bonchev–Trinajstić information content (AvgIpc) is 2.40. The predicted octanol–water partition coefficient (Wildman–Crippen LogP) is 3.91. The first-order chi connectivity index (χ1) is 9.78. The Hall–Kier alpha value is -1.50. The first-order valence-corrected chi connectivity index (χ1v) is 7.29. The third kappa shape index (κ3) is 4.00. The molecule has 1 aromatic carbocycles. The average molecular weight is 362 g/mol. The van der Waals surface area contributed by atoms with Crippen molar-refractivity contribution < 1.29 is 23.5 Å². The summed E-state index contributed by atoms with van der Waals surface area (Å²) < 4.78 is 26.7. The maximum atomic E-state index is 13.1. The number of carboxylic acids is 1. The van der Waals surface area contributed by atoms with Gasteiger partial charge in [0, 0.05) is 23.2 Å². The Morgan fingerprint density at radius 1 is 1.29 bits per heavy atom. The Labute approximate surface area is 128 Å². The maximum absolute atomic E-state index is 13.1. The van der Waals surface area contributed by atoms with Gasteiger partial charge in [0.25, 0.3) is 0 Å². The molecule has 0 atom stereocenters. The van der Waals surface area contributed by atoms with Gasteiger partial charge < -0.3 is 10.4 Å². The first-order valence-electron chi connectivity index (χ1n) is 6.50. The summed E-state index contributed by atoms with van der Waals surface area (Å²) in [7, 11) is 0. The van der Waals surface area contributed by atoms with Crippen LogP contribution in [0.4, 0.5) is 14.5 Å². The number of carbonyl (C=O) groups is 2. The fourth-order valence-electron chi connectivity index (χ4n) is 2.29. The van der Waals surface area contributed by atoms with Crippen molar-refractivity contribution in [3.05, 3.63) is 28.2 Å². The van der Waals surface area contributed by atoms with E-state index in [9.17, 15) is 18.4 Å². The Balaban J connectivity index is 2.06. The van der Waals surface area contributed by atoms with Crippen molar-refractivity contribution in [1.82, 2.24) is 0 Å². The zero-order valence-corrected chi connectivity index (χ0v) is 12.6. The molecule has 4 nitrogen and oxygen atoms in total. The Bertz CT molecular complexity index is 567. The second-order valence-electron chi connectivity index (χ2n) is 5.12. The summed E-state index contributed by atoms with van der Waals surface area (Å²) >= 11 is 3.22. The highest BCUT2D eigenvalue weighted by molar-refractivity contribution is 9.10. The molecule has 0 spiro atoms. The zero-order chi connectivity index (χ0) is 15.6. The van der Waals surface area contributed by atoms with Crippen LogP contribution < -0.4 is 5.32 Å². The molecule has 0 aliphatic heterocycles. The van der Waals surface area contributed by atoms with Crippen LogP contribution in [0.15, 0.2) is 22.7 Å². The number of anilines is 1. The van der Waals surface area contributed by atoms with E-state index in [1.165, 1.54) is 18.2 Å². The SMILES string of the molecule is O=C(O)c1ccc(Br)c(NC(=O)C2CCC(F)(F)CC2)c1. The summed E-state index contributed by atoms with van der Waals surface area (Å²) in [5.41, 5.74) is 0.376. The summed E-state index contributed by atoms with van der Waals surface area (Å²) in [6.07, 6.45) is -0.313. The quantitative estimate of drug-likeness (QED) is 0.857. The molecular formula is C14H14BrF2NO3. The number of benzene rings is 1. The minimum absolute atomic E-state index is 0.0451. The van der Waals surface area contributed by atoms with Gasteiger partial charge in [-0.3, -0.25) is 4.79 Å². The molecule has 1 aliphatic carbocycles. The normalized spacial score (nSPS) is 18.2. The molecule has 1 fully saturated rings. The van der Waals surface area contributed by atoms with Crippen LogP contribution >= 0.6 is 15.9 Å². The van der Waals surface area contributed by atoms with E-state index >= 15 is 0 Å². The van der Waals surface area contributed by atoms with Gasteiger partial charge in [-0.2, -0.15) is 0 Å². The molecule has 1 amide bonds. The summed E-state index contributed by atoms with van der Waals surface area (Å²) in [5, 5.41) is 11.5. The van der Waals surface area contributed by atoms with Crippen LogP contribution in [0.2, 0.25) is 0 Å². The molecule has 1 aliphatic rings. The number of hydrogen-bond donors (Lipinski definition) is 2. The molecule has 0 bridgehead atoms. The van der Waals surface area contributed by atoms with Crippen molar-refractivity contribution >= 4 is 33.5 Å². The number of nitrogens with one attached hydrogen (secondary N) is 1. The molecule has 1 saturated carbocycles. The molecule has 0 radical (unpaired) electrons. The molecule has 21 heavy (non-hydrogen) atoms. The number of aromatic carboxylic acids is 1. The van der Waals surface area contributed by atoms with Crippen molar-refractivity contribution in [1.29, 1.82) is 0 Å². The maximum Gasteiger partial charge on any atom is 0.335 e. The van der Waals surface area contributed by atoms with E-state index in [1.807, 2.05) is 0 Å². The molecule has 1 aromatic rings. The molecule has 2 N–H and O–H groups in total. The summed E-state index contributed by atoms with van der Waals surface area (Å²) in [6, 6.07) is 4.26. The molecule has 2 rings (SSSR count). The number of carbonyl (C=O) groups excluding carboxylic acids is 1. The lowest BCUT2D eigenvalue weighted by Gasteiger charge is -2.27. The van der Waals surface area contributed by atoms with Gasteiger partial charge in [0.2, 0.25) is 11.8 Å². The third-order valence-corrected chi connectivity index (χ3v) is 4.25. The predicted molar refractivity (Wildman–Crippen MR) is 76.6 cm³/mol. The number of hydrogen-bond acceptors (Lipinski definition) is 2. The Kier molecular flexibility index (Phi) is 4.61. The van der Waals surface area contributed by atoms with E-state index in [2.05, 4.69) is 21.2 Å². The fourth-order valence-corrected chi connectivity index (χ4v) is 2.64. The summed E-state index contributed by atoms with van der Waals surface area (Å²) in [6.45, 7) is 0. The summed E-state index contributed by atoms with van der Waals surface area (Å²) in [4.78, 5) is 23.0. The molecule has 0 unspecified atom stereocenters. The molecule has 0 saturated heterocycles. The molecule has 7 heteroatoms. The van der Waals surface area contributed by atoms with Crippen LogP contribution in [-0.4, -0.2) is 22.9 Å². The topological polar surface area (TPSA) is 66.4 Å². The highest BCUT2D eigenvalue weighted by atomic mass is 79.9. The van der Waals surface area contributed by atoms with Crippen molar-refractivity contribution in [2.75, 3.05) is 5.32 Å². The van der Waals surface area contributed by atoms with Gasteiger partial charge in [-0.15, -0.1) is 0 Å². The lowest BCUT2D eigenvalue weighted by Crippen LogP contribution is -2.31. The van der Waals surface area contributed by atoms with E-state index in [-0.39, 0.29) is 37.2 Å². The van der Waals surface area contributed by atoms with Crippen LogP contribution in [0, 0.1) is 5.92 Å². The second kappa shape index (κ2) is 6.09. The Morgan fingerprint density at radius 2 is 1.90 bits per heavy atom. The van der Waals surface area contributed by atoms with Gasteiger partial charge in [0.1, 0.15) is 0 Å². The van der Waals surface area contributed by atoms with E-state index < -0.39 is 17.8 Å². The monoisotopic (exact) mass is 361 g/mol. The van der Waals surface area contributed by atoms with Gasteiger partial charge in [0.05, 0.1) is 11.3 Å². The van der Waals surface area contributed by atoms with Crippen LogP contribution in [0.3, 0.4) is 0 Å². The van der Waals surface area contributed by atoms with E-state index in [1.54, 1.807) is 0 Å². The van der Waals surface area contributed by atoms with Gasteiger partial charge in [-0.05, 0) is 47.0 Å². The largest absolute Gasteiger partial charge is 0.478 e. The first kappa shape index (κ1) is 15.9. The number of alkyl halides is 2. The van der Waals surface area contributed by atoms with Crippen molar-refractivity contribution in [3.63, 3.8) is 0 Å². The number of carboxylic acid groups (broad SMARTS) is 1. The van der Waals surface area contributed by atoms with Crippen LogP contribution in [0.5, 0.6) is 0 Å². The lowest BCUT2D eigenvalue weighted by molar-refractivity contribution is -0.124. The standard InChI is InChI=1S/C14H14BrF2NO3/c15-10-2-1-9(13(20)21)7-11(10)18-12(19)8-3-5-14(16,17)6-4-8/h1-2,7-8H,3-6H2,(H,18,19)(H,20,21). The van der Waals surface area contributed by atoms with Crippen LogP contribution in [0.25, 0.3) is 0 Å². The van der Waals surface area contributed by atoms with Crippen LogP contribution in [-0.2, 0) is 4.79 Å². The number of rotatable bonds is 3. The van der Waals surface area contributed by atoms with Gasteiger partial charge in [-0.25, -0.2) is 13.6 Å². The van der Waals surface area contributed by atoms with Crippen molar-refractivity contribution in [2.45, 2.75) is 31.6 Å². The van der Waals surface area contributed by atoms with E-state index in [0.29, 0.717) is 10.2 Å². The van der Waals surface area contributed by atoms with Gasteiger partial charge in [0.15, 0.2) is 0 Å². The fraction of sp³-hybridized carbons (Fsp3) is 0.429. The zero-order valence-electron chi connectivity index (χ0n) is 11.0. The van der Waals surface area contributed by atoms with E-state index in [4.69, 9.17) is 5.11 Å². The van der Waals surface area contributed by atoms with Crippen LogP contribution in [0.1, 0.15) is 36.0 Å². The highest BCUT2D eigenvalue weighted by Crippen LogP contribution is 2.37. The minimum atomic E-state index is -2.68. The van der Waals surface area contributed by atoms with Crippen molar-refractivity contribution in [2.24, 2.45) is 5.92 Å². The summed E-state index contributed by atoms with van der Waals surface area (Å²) in [5.74, 6) is -4.60. The molecular weight excluding hydrogens is 348 g/mol. The Morgan fingerprint density at radius 3 is 2.48 bits per heavy atom. The molecule has 0 heterocycles. The third-order valence-electron chi connectivity index (χ3n) is 3.56. The molecule has 114 valence electrons. The highest BCUT2D eigenvalue weighted by Gasteiger charge is 2.37. The number of halogens is 3. The van der Waals surface area contributed by atoms with Gasteiger partial charge in [-0.1, -0.05) is 0 Å². The number of amides is 1. The second-order valence-corrected chi connectivity index (χ2v) is 5.97. The minimum Gasteiger partial charge on any atom is -0.478 e. The smallest absolute Gasteiger partial charge is 0.335 e. The molecule has 0 aromatic heterocycles. The van der Waals surface area contributed by atoms with E-state index in [0.717, 1.165) is 0 Å². The van der Waals surface area contributed by atoms with Gasteiger partial charge >= 0.3 is 5.97 Å².